The van der Waals surface area contributed by atoms with Gasteiger partial charge in [0.15, 0.2) is 0 Å². The third-order valence-electron chi connectivity index (χ3n) is 3.66. The molecule has 1 N–H and O–H groups in total. The van der Waals surface area contributed by atoms with Gasteiger partial charge < -0.3 is 10.2 Å². The summed E-state index contributed by atoms with van der Waals surface area (Å²) in [6.45, 7) is 2.63. The summed E-state index contributed by atoms with van der Waals surface area (Å²) in [4.78, 5) is 18.1. The Morgan fingerprint density at radius 1 is 1.40 bits per heavy atom. The van der Waals surface area contributed by atoms with Crippen LogP contribution in [0.5, 0.6) is 0 Å². The first-order valence-corrected chi connectivity index (χ1v) is 6.63. The second-order valence-corrected chi connectivity index (χ2v) is 5.22. The Kier molecular flexibility index (Phi) is 3.04. The number of rotatable bonds is 2. The van der Waals surface area contributed by atoms with E-state index >= 15 is 0 Å². The zero-order chi connectivity index (χ0) is 14.3. The number of hydrogen-bond donors (Lipinski definition) is 1. The molecule has 0 radical (unpaired) electrons. The zero-order valence-corrected chi connectivity index (χ0v) is 11.5. The maximum atomic E-state index is 13.4. The van der Waals surface area contributed by atoms with Crippen LogP contribution >= 0.6 is 0 Å². The number of hydrogen-bond acceptors (Lipinski definition) is 3. The summed E-state index contributed by atoms with van der Waals surface area (Å²) in [5, 5.41) is 3.94. The third-order valence-corrected chi connectivity index (χ3v) is 3.66. The number of halogens is 1. The van der Waals surface area contributed by atoms with Gasteiger partial charge in [-0.2, -0.15) is 0 Å². The highest BCUT2D eigenvalue weighted by Gasteiger charge is 2.29. The minimum Gasteiger partial charge on any atom is -0.373 e. The Morgan fingerprint density at radius 2 is 2.20 bits per heavy atom. The summed E-state index contributed by atoms with van der Waals surface area (Å²) in [5.41, 5.74) is 2.33. The van der Waals surface area contributed by atoms with E-state index in [1.54, 1.807) is 18.0 Å². The summed E-state index contributed by atoms with van der Waals surface area (Å²) >= 11 is 0. The van der Waals surface area contributed by atoms with Crippen LogP contribution in [0.2, 0.25) is 0 Å². The average Bonchev–Trinajstić information content (AvgIpc) is 2.71. The number of aryl methyl sites for hydroxylation is 1. The van der Waals surface area contributed by atoms with E-state index in [1.165, 1.54) is 12.1 Å². The molecule has 1 aliphatic heterocycles. The first-order chi connectivity index (χ1) is 9.54. The van der Waals surface area contributed by atoms with Gasteiger partial charge in [0.05, 0.1) is 5.52 Å². The van der Waals surface area contributed by atoms with Crippen LogP contribution in [0, 0.1) is 12.7 Å². The fourth-order valence-electron chi connectivity index (χ4n) is 2.59. The van der Waals surface area contributed by atoms with Crippen LogP contribution in [0.4, 0.5) is 10.1 Å². The molecule has 2 heterocycles. The predicted octanol–water partition coefficient (Wildman–Crippen LogP) is 2.32. The average molecular weight is 273 g/mol. The summed E-state index contributed by atoms with van der Waals surface area (Å²) in [7, 11) is 1.79. The molecule has 4 nitrogen and oxygen atoms in total. The number of pyridine rings is 1. The van der Waals surface area contributed by atoms with Crippen molar-refractivity contribution in [2.24, 2.45) is 0 Å². The van der Waals surface area contributed by atoms with Crippen LogP contribution < -0.4 is 5.32 Å². The molecule has 1 aliphatic rings. The maximum Gasteiger partial charge on any atom is 0.244 e. The van der Waals surface area contributed by atoms with Crippen molar-refractivity contribution in [1.29, 1.82) is 0 Å². The maximum absolute atomic E-state index is 13.4. The van der Waals surface area contributed by atoms with Crippen LogP contribution in [0.1, 0.15) is 12.1 Å². The number of nitrogens with zero attached hydrogens (tertiary/aromatic N) is 2. The summed E-state index contributed by atoms with van der Waals surface area (Å²) < 4.78 is 13.4. The lowest BCUT2D eigenvalue weighted by Crippen LogP contribution is -2.31. The van der Waals surface area contributed by atoms with Crippen LogP contribution in [0.25, 0.3) is 10.9 Å². The van der Waals surface area contributed by atoms with Gasteiger partial charge in [-0.05, 0) is 37.6 Å². The lowest BCUT2D eigenvalue weighted by Gasteiger charge is -2.16. The molecular formula is C15H16FN3O. The van der Waals surface area contributed by atoms with E-state index in [0.717, 1.165) is 29.9 Å². The van der Waals surface area contributed by atoms with Gasteiger partial charge in [0.1, 0.15) is 11.9 Å². The lowest BCUT2D eigenvalue weighted by molar-refractivity contribution is -0.127. The fraction of sp³-hybridized carbons (Fsp3) is 0.333. The Labute approximate surface area is 116 Å². The smallest absolute Gasteiger partial charge is 0.244 e. The van der Waals surface area contributed by atoms with Gasteiger partial charge in [-0.1, -0.05) is 0 Å². The number of nitrogens with one attached hydrogen (secondary N) is 1. The molecule has 0 spiro atoms. The monoisotopic (exact) mass is 273 g/mol. The quantitative estimate of drug-likeness (QED) is 0.913. The number of likely N-dealkylation sites (tertiary alicyclic amines) is 1. The minimum absolute atomic E-state index is 0.0732. The van der Waals surface area contributed by atoms with E-state index < -0.39 is 0 Å². The highest BCUT2D eigenvalue weighted by atomic mass is 19.1. The highest BCUT2D eigenvalue weighted by molar-refractivity contribution is 5.94. The van der Waals surface area contributed by atoms with E-state index in [4.69, 9.17) is 0 Å². The van der Waals surface area contributed by atoms with Crippen molar-refractivity contribution in [2.45, 2.75) is 19.4 Å². The first kappa shape index (κ1) is 12.8. The van der Waals surface area contributed by atoms with Crippen LogP contribution in [-0.2, 0) is 4.79 Å². The standard InChI is InChI=1S/C15H16FN3O/c1-9-7-14(18-13-5-6-19(2)15(13)20)11-8-10(16)3-4-12(11)17-9/h3-4,7-8,13H,5-6H2,1-2H3,(H,17,18). The molecule has 1 atom stereocenters. The van der Waals surface area contributed by atoms with Gasteiger partial charge in [0, 0.05) is 30.4 Å². The van der Waals surface area contributed by atoms with Crippen molar-refractivity contribution in [3.8, 4) is 0 Å². The van der Waals surface area contributed by atoms with Gasteiger partial charge in [0.25, 0.3) is 0 Å². The number of carbonyl (C=O) groups is 1. The Morgan fingerprint density at radius 3 is 2.90 bits per heavy atom. The molecule has 0 aliphatic carbocycles. The van der Waals surface area contributed by atoms with E-state index in [1.807, 2.05) is 13.0 Å². The molecule has 1 amide bonds. The van der Waals surface area contributed by atoms with Crippen LogP contribution in [0.3, 0.4) is 0 Å². The number of aromatic nitrogens is 1. The summed E-state index contributed by atoms with van der Waals surface area (Å²) in [6.07, 6.45) is 0.757. The molecule has 1 unspecified atom stereocenters. The largest absolute Gasteiger partial charge is 0.373 e. The summed E-state index contributed by atoms with van der Waals surface area (Å²) in [6, 6.07) is 6.12. The zero-order valence-electron chi connectivity index (χ0n) is 11.5. The number of likely N-dealkylation sites (N-methyl/N-ethyl adjacent to an activating group) is 1. The SMILES string of the molecule is Cc1cc(NC2CCN(C)C2=O)c2cc(F)ccc2n1. The van der Waals surface area contributed by atoms with E-state index in [9.17, 15) is 9.18 Å². The van der Waals surface area contributed by atoms with Crippen molar-refractivity contribution >= 4 is 22.5 Å². The topological polar surface area (TPSA) is 45.2 Å². The molecule has 3 rings (SSSR count). The number of carbonyl (C=O) groups excluding carboxylic acids is 1. The van der Waals surface area contributed by atoms with E-state index in [0.29, 0.717) is 5.39 Å². The molecule has 1 aromatic carbocycles. The Hall–Kier alpha value is -2.17. The van der Waals surface area contributed by atoms with Gasteiger partial charge in [-0.15, -0.1) is 0 Å². The number of anilines is 1. The number of amides is 1. The van der Waals surface area contributed by atoms with Gasteiger partial charge in [0.2, 0.25) is 5.91 Å². The molecule has 0 saturated carbocycles. The number of benzene rings is 1. The fourth-order valence-corrected chi connectivity index (χ4v) is 2.59. The molecule has 104 valence electrons. The molecule has 2 aromatic rings. The first-order valence-electron chi connectivity index (χ1n) is 6.63. The van der Waals surface area contributed by atoms with Gasteiger partial charge in [-0.25, -0.2) is 4.39 Å². The highest BCUT2D eigenvalue weighted by Crippen LogP contribution is 2.26. The summed E-state index contributed by atoms with van der Waals surface area (Å²) in [5.74, 6) is -0.231. The molecule has 20 heavy (non-hydrogen) atoms. The van der Waals surface area contributed by atoms with Crippen molar-refractivity contribution < 1.29 is 9.18 Å². The lowest BCUT2D eigenvalue weighted by atomic mass is 10.1. The molecule has 1 aromatic heterocycles. The van der Waals surface area contributed by atoms with Crippen molar-refractivity contribution in [3.05, 3.63) is 35.8 Å². The van der Waals surface area contributed by atoms with Gasteiger partial charge in [-0.3, -0.25) is 9.78 Å². The molecular weight excluding hydrogens is 257 g/mol. The molecule has 5 heteroatoms. The van der Waals surface area contributed by atoms with Gasteiger partial charge >= 0.3 is 0 Å². The van der Waals surface area contributed by atoms with Crippen molar-refractivity contribution in [1.82, 2.24) is 9.88 Å². The van der Waals surface area contributed by atoms with Crippen LogP contribution in [-0.4, -0.2) is 35.4 Å². The second-order valence-electron chi connectivity index (χ2n) is 5.22. The number of fused-ring (bicyclic) bond motifs is 1. The minimum atomic E-state index is -0.305. The molecule has 1 fully saturated rings. The Balaban J connectivity index is 2.02. The normalized spacial score (nSPS) is 18.9. The predicted molar refractivity (Wildman–Crippen MR) is 76.1 cm³/mol. The molecule has 1 saturated heterocycles. The molecule has 0 bridgehead atoms. The van der Waals surface area contributed by atoms with Crippen molar-refractivity contribution in [2.75, 3.05) is 18.9 Å². The third kappa shape index (κ3) is 2.19. The second kappa shape index (κ2) is 4.74. The van der Waals surface area contributed by atoms with E-state index in [-0.39, 0.29) is 17.8 Å². The van der Waals surface area contributed by atoms with Crippen molar-refractivity contribution in [3.63, 3.8) is 0 Å². The van der Waals surface area contributed by atoms with E-state index in [2.05, 4.69) is 10.3 Å². The Bertz CT molecular complexity index is 686. The van der Waals surface area contributed by atoms with Crippen LogP contribution in [0.15, 0.2) is 24.3 Å².